The minimum Gasteiger partial charge on any atom is -0.493 e. The standard InChI is InChI=1S/C19H29NO3/c1-7-19(13(2)10-15(21)12-18(19)20(3)4)14-8-9-16(22-5)17(11-14)23-6/h8-9,11,13,18H,7,10,12H2,1-6H3/t13-,18?,19+/m0/s1. The summed E-state index contributed by atoms with van der Waals surface area (Å²) in [4.78, 5) is 14.4. The quantitative estimate of drug-likeness (QED) is 0.835. The molecule has 0 saturated heterocycles. The molecule has 0 aliphatic heterocycles. The van der Waals surface area contributed by atoms with Crippen LogP contribution >= 0.6 is 0 Å². The summed E-state index contributed by atoms with van der Waals surface area (Å²) in [6.07, 6.45) is 2.24. The average molecular weight is 319 g/mol. The maximum Gasteiger partial charge on any atom is 0.161 e. The van der Waals surface area contributed by atoms with Crippen molar-refractivity contribution in [2.24, 2.45) is 5.92 Å². The third kappa shape index (κ3) is 2.97. The van der Waals surface area contributed by atoms with Crippen LogP contribution in [0.15, 0.2) is 18.2 Å². The van der Waals surface area contributed by atoms with Crippen molar-refractivity contribution < 1.29 is 14.3 Å². The lowest BCUT2D eigenvalue weighted by Crippen LogP contribution is -2.55. The van der Waals surface area contributed by atoms with Crippen LogP contribution in [0, 0.1) is 5.92 Å². The number of ketones is 1. The number of methoxy groups -OCH3 is 2. The van der Waals surface area contributed by atoms with Crippen LogP contribution < -0.4 is 9.47 Å². The highest BCUT2D eigenvalue weighted by Gasteiger charge is 2.49. The average Bonchev–Trinajstić information content (AvgIpc) is 2.54. The summed E-state index contributed by atoms with van der Waals surface area (Å²) in [5.41, 5.74) is 1.17. The number of carbonyl (C=O) groups is 1. The van der Waals surface area contributed by atoms with Gasteiger partial charge in [-0.3, -0.25) is 4.79 Å². The number of likely N-dealkylation sites (N-methyl/N-ethyl adjacent to an activating group) is 1. The minimum atomic E-state index is -0.0586. The molecule has 0 aromatic heterocycles. The van der Waals surface area contributed by atoms with Gasteiger partial charge in [-0.25, -0.2) is 0 Å². The first-order valence-corrected chi connectivity index (χ1v) is 8.31. The van der Waals surface area contributed by atoms with Crippen molar-refractivity contribution in [2.45, 2.75) is 44.6 Å². The lowest BCUT2D eigenvalue weighted by Gasteiger charge is -2.51. The highest BCUT2D eigenvalue weighted by Crippen LogP contribution is 2.48. The molecule has 0 heterocycles. The van der Waals surface area contributed by atoms with Gasteiger partial charge in [-0.05, 0) is 44.1 Å². The van der Waals surface area contributed by atoms with Gasteiger partial charge in [-0.1, -0.05) is 19.9 Å². The van der Waals surface area contributed by atoms with Gasteiger partial charge in [0, 0.05) is 24.3 Å². The Morgan fingerprint density at radius 3 is 2.35 bits per heavy atom. The van der Waals surface area contributed by atoms with Gasteiger partial charge in [-0.2, -0.15) is 0 Å². The first-order chi connectivity index (χ1) is 10.9. The van der Waals surface area contributed by atoms with Crippen LogP contribution in [0.1, 0.15) is 38.7 Å². The van der Waals surface area contributed by atoms with Gasteiger partial charge >= 0.3 is 0 Å². The van der Waals surface area contributed by atoms with Crippen LogP contribution in [-0.4, -0.2) is 45.0 Å². The van der Waals surface area contributed by atoms with Crippen molar-refractivity contribution in [2.75, 3.05) is 28.3 Å². The van der Waals surface area contributed by atoms with Crippen LogP contribution in [0.5, 0.6) is 11.5 Å². The number of Topliss-reactive ketones (excluding diaryl/α,β-unsaturated/α-hetero) is 1. The van der Waals surface area contributed by atoms with E-state index in [0.717, 1.165) is 17.9 Å². The molecule has 4 heteroatoms. The van der Waals surface area contributed by atoms with Crippen LogP contribution in [0.25, 0.3) is 0 Å². The summed E-state index contributed by atoms with van der Waals surface area (Å²) >= 11 is 0. The predicted molar refractivity (Wildman–Crippen MR) is 92.4 cm³/mol. The molecule has 2 rings (SSSR count). The van der Waals surface area contributed by atoms with Gasteiger partial charge in [0.15, 0.2) is 11.5 Å². The number of ether oxygens (including phenoxy) is 2. The molecule has 1 aromatic rings. The number of hydrogen-bond acceptors (Lipinski definition) is 4. The number of hydrogen-bond donors (Lipinski definition) is 0. The number of nitrogens with zero attached hydrogens (tertiary/aromatic N) is 1. The van der Waals surface area contributed by atoms with Gasteiger partial charge in [0.25, 0.3) is 0 Å². The van der Waals surface area contributed by atoms with E-state index in [1.54, 1.807) is 14.2 Å². The fourth-order valence-electron chi connectivity index (χ4n) is 4.37. The summed E-state index contributed by atoms with van der Waals surface area (Å²) in [6.45, 7) is 4.42. The second-order valence-corrected chi connectivity index (χ2v) is 6.79. The molecule has 1 saturated carbocycles. The number of rotatable bonds is 5. The third-order valence-electron chi connectivity index (χ3n) is 5.56. The molecule has 128 valence electrons. The van der Waals surface area contributed by atoms with E-state index < -0.39 is 0 Å². The Hall–Kier alpha value is -1.55. The largest absolute Gasteiger partial charge is 0.493 e. The Morgan fingerprint density at radius 1 is 1.17 bits per heavy atom. The maximum absolute atomic E-state index is 12.2. The first kappa shape index (κ1) is 17.8. The minimum absolute atomic E-state index is 0.0586. The molecule has 1 unspecified atom stereocenters. The van der Waals surface area contributed by atoms with Crippen LogP contribution in [-0.2, 0) is 10.2 Å². The molecule has 0 bridgehead atoms. The molecule has 23 heavy (non-hydrogen) atoms. The molecule has 3 atom stereocenters. The summed E-state index contributed by atoms with van der Waals surface area (Å²) in [6, 6.07) is 6.39. The second kappa shape index (κ2) is 6.91. The molecule has 0 spiro atoms. The summed E-state index contributed by atoms with van der Waals surface area (Å²) in [7, 11) is 7.46. The molecule has 1 aliphatic rings. The molecular formula is C19H29NO3. The molecule has 0 amide bonds. The van der Waals surface area contributed by atoms with Crippen LogP contribution in [0.3, 0.4) is 0 Å². The maximum atomic E-state index is 12.2. The van der Waals surface area contributed by atoms with Crippen molar-refractivity contribution in [3.63, 3.8) is 0 Å². The smallest absolute Gasteiger partial charge is 0.161 e. The van der Waals surface area contributed by atoms with E-state index in [2.05, 4.69) is 45.0 Å². The molecule has 1 aliphatic carbocycles. The molecule has 0 radical (unpaired) electrons. The molecule has 4 nitrogen and oxygen atoms in total. The first-order valence-electron chi connectivity index (χ1n) is 8.31. The van der Waals surface area contributed by atoms with E-state index in [0.29, 0.717) is 24.5 Å². The number of benzene rings is 1. The Labute approximate surface area is 139 Å². The van der Waals surface area contributed by atoms with E-state index in [4.69, 9.17) is 9.47 Å². The van der Waals surface area contributed by atoms with Crippen molar-refractivity contribution in [1.29, 1.82) is 0 Å². The third-order valence-corrected chi connectivity index (χ3v) is 5.56. The van der Waals surface area contributed by atoms with E-state index in [-0.39, 0.29) is 11.5 Å². The summed E-state index contributed by atoms with van der Waals surface area (Å²) in [5, 5.41) is 0. The Kier molecular flexibility index (Phi) is 5.35. The second-order valence-electron chi connectivity index (χ2n) is 6.79. The normalized spacial score (nSPS) is 28.0. The zero-order valence-electron chi connectivity index (χ0n) is 15.2. The lowest BCUT2D eigenvalue weighted by atomic mass is 9.58. The Bertz CT molecular complexity index is 570. The van der Waals surface area contributed by atoms with Crippen molar-refractivity contribution in [1.82, 2.24) is 4.90 Å². The van der Waals surface area contributed by atoms with Crippen LogP contribution in [0.2, 0.25) is 0 Å². The fourth-order valence-corrected chi connectivity index (χ4v) is 4.37. The van der Waals surface area contributed by atoms with Crippen molar-refractivity contribution >= 4 is 5.78 Å². The Balaban J connectivity index is 2.59. The zero-order valence-corrected chi connectivity index (χ0v) is 15.2. The molecular weight excluding hydrogens is 290 g/mol. The zero-order chi connectivity index (χ0) is 17.2. The van der Waals surface area contributed by atoms with E-state index in [1.165, 1.54) is 5.56 Å². The Morgan fingerprint density at radius 2 is 1.83 bits per heavy atom. The van der Waals surface area contributed by atoms with Gasteiger partial charge in [0.05, 0.1) is 14.2 Å². The molecule has 1 aromatic carbocycles. The van der Waals surface area contributed by atoms with Crippen molar-refractivity contribution in [3.8, 4) is 11.5 Å². The van der Waals surface area contributed by atoms with Crippen LogP contribution in [0.4, 0.5) is 0 Å². The topological polar surface area (TPSA) is 38.8 Å². The summed E-state index contributed by atoms with van der Waals surface area (Å²) in [5.74, 6) is 2.14. The SMILES string of the molecule is CC[C@@]1(c2ccc(OC)c(OC)c2)C(N(C)C)CC(=O)C[C@@H]1C. The molecule has 1 fully saturated rings. The predicted octanol–water partition coefficient (Wildman–Crippen LogP) is 3.28. The molecule has 0 N–H and O–H groups in total. The van der Waals surface area contributed by atoms with E-state index in [1.807, 2.05) is 6.07 Å². The monoisotopic (exact) mass is 319 g/mol. The van der Waals surface area contributed by atoms with E-state index in [9.17, 15) is 4.79 Å². The van der Waals surface area contributed by atoms with Gasteiger partial charge < -0.3 is 14.4 Å². The fraction of sp³-hybridized carbons (Fsp3) is 0.632. The van der Waals surface area contributed by atoms with Crippen molar-refractivity contribution in [3.05, 3.63) is 23.8 Å². The van der Waals surface area contributed by atoms with E-state index >= 15 is 0 Å². The summed E-state index contributed by atoms with van der Waals surface area (Å²) < 4.78 is 10.9. The number of carbonyl (C=O) groups excluding carboxylic acids is 1. The van der Waals surface area contributed by atoms with Gasteiger partial charge in [-0.15, -0.1) is 0 Å². The highest BCUT2D eigenvalue weighted by atomic mass is 16.5. The highest BCUT2D eigenvalue weighted by molar-refractivity contribution is 5.81. The lowest BCUT2D eigenvalue weighted by molar-refractivity contribution is -0.126. The van der Waals surface area contributed by atoms with Gasteiger partial charge in [0.1, 0.15) is 5.78 Å². The van der Waals surface area contributed by atoms with Gasteiger partial charge in [0.2, 0.25) is 0 Å².